The molecule has 2 atom stereocenters. The summed E-state index contributed by atoms with van der Waals surface area (Å²) in [5, 5.41) is 6.16. The van der Waals surface area contributed by atoms with Crippen LogP contribution in [0.1, 0.15) is 25.3 Å². The third-order valence-electron chi connectivity index (χ3n) is 4.73. The molecule has 5 nitrogen and oxygen atoms in total. The van der Waals surface area contributed by atoms with Crippen LogP contribution in [-0.4, -0.2) is 25.6 Å². The lowest BCUT2D eigenvalue weighted by Gasteiger charge is -2.27. The lowest BCUT2D eigenvalue weighted by Crippen LogP contribution is -2.40. The SMILES string of the molecule is COc1cc(C)ccc1Oc1ccc(F)cc1NC(=O)[C@H]1CCN[C@@H](C)C1.Cl. The lowest BCUT2D eigenvalue weighted by molar-refractivity contribution is -0.120. The van der Waals surface area contributed by atoms with E-state index in [1.165, 1.54) is 18.2 Å². The van der Waals surface area contributed by atoms with Gasteiger partial charge in [0.2, 0.25) is 5.91 Å². The minimum atomic E-state index is -0.438. The van der Waals surface area contributed by atoms with Crippen molar-refractivity contribution in [2.45, 2.75) is 32.7 Å². The number of carbonyl (C=O) groups excluding carboxylic acids is 1. The maximum atomic E-state index is 13.8. The van der Waals surface area contributed by atoms with Crippen LogP contribution in [0.4, 0.5) is 10.1 Å². The molecule has 0 aliphatic carbocycles. The van der Waals surface area contributed by atoms with Gasteiger partial charge in [-0.2, -0.15) is 0 Å². The van der Waals surface area contributed by atoms with Crippen molar-refractivity contribution in [3.63, 3.8) is 0 Å². The van der Waals surface area contributed by atoms with Gasteiger partial charge in [-0.1, -0.05) is 6.07 Å². The molecule has 2 aromatic carbocycles. The van der Waals surface area contributed by atoms with Crippen LogP contribution in [0.3, 0.4) is 0 Å². The zero-order valence-electron chi connectivity index (χ0n) is 16.3. The third-order valence-corrected chi connectivity index (χ3v) is 4.73. The summed E-state index contributed by atoms with van der Waals surface area (Å²) in [4.78, 5) is 12.7. The van der Waals surface area contributed by atoms with Crippen molar-refractivity contribution in [2.24, 2.45) is 5.92 Å². The van der Waals surface area contributed by atoms with E-state index in [1.807, 2.05) is 19.1 Å². The van der Waals surface area contributed by atoms with Gasteiger partial charge in [0.1, 0.15) is 5.82 Å². The summed E-state index contributed by atoms with van der Waals surface area (Å²) >= 11 is 0. The first-order chi connectivity index (χ1) is 13.0. The molecule has 1 aliphatic rings. The predicted molar refractivity (Wildman–Crippen MR) is 110 cm³/mol. The van der Waals surface area contributed by atoms with Crippen LogP contribution in [-0.2, 0) is 4.79 Å². The highest BCUT2D eigenvalue weighted by Crippen LogP contribution is 2.36. The first-order valence-corrected chi connectivity index (χ1v) is 9.12. The maximum absolute atomic E-state index is 13.8. The largest absolute Gasteiger partial charge is 0.493 e. The molecule has 152 valence electrons. The Balaban J connectivity index is 0.00000280. The van der Waals surface area contributed by atoms with Crippen molar-refractivity contribution in [2.75, 3.05) is 19.0 Å². The lowest BCUT2D eigenvalue weighted by atomic mass is 9.92. The van der Waals surface area contributed by atoms with Gasteiger partial charge >= 0.3 is 0 Å². The van der Waals surface area contributed by atoms with Gasteiger partial charge < -0.3 is 20.1 Å². The van der Waals surface area contributed by atoms with Crippen molar-refractivity contribution in [1.29, 1.82) is 0 Å². The number of amides is 1. The van der Waals surface area contributed by atoms with Crippen LogP contribution < -0.4 is 20.1 Å². The second-order valence-corrected chi connectivity index (χ2v) is 6.96. The highest BCUT2D eigenvalue weighted by atomic mass is 35.5. The normalized spacial score (nSPS) is 18.7. The molecule has 1 heterocycles. The number of nitrogens with one attached hydrogen (secondary N) is 2. The van der Waals surface area contributed by atoms with E-state index >= 15 is 0 Å². The second kappa shape index (κ2) is 9.75. The summed E-state index contributed by atoms with van der Waals surface area (Å²) < 4.78 is 25.1. The Labute approximate surface area is 171 Å². The average molecular weight is 409 g/mol. The van der Waals surface area contributed by atoms with Crippen LogP contribution in [0.15, 0.2) is 36.4 Å². The van der Waals surface area contributed by atoms with Crippen molar-refractivity contribution in [3.8, 4) is 17.2 Å². The fraction of sp³-hybridized carbons (Fsp3) is 0.381. The molecule has 1 amide bonds. The molecule has 0 spiro atoms. The first-order valence-electron chi connectivity index (χ1n) is 9.12. The number of benzene rings is 2. The Morgan fingerprint density at radius 2 is 1.93 bits per heavy atom. The summed E-state index contributed by atoms with van der Waals surface area (Å²) in [6, 6.07) is 9.92. The van der Waals surface area contributed by atoms with Gasteiger partial charge in [-0.25, -0.2) is 4.39 Å². The number of rotatable bonds is 5. The molecule has 0 bridgehead atoms. The van der Waals surface area contributed by atoms with E-state index < -0.39 is 5.82 Å². The summed E-state index contributed by atoms with van der Waals surface area (Å²) in [5.74, 6) is 0.784. The molecule has 3 rings (SSSR count). The maximum Gasteiger partial charge on any atom is 0.227 e. The monoisotopic (exact) mass is 408 g/mol. The van der Waals surface area contributed by atoms with E-state index in [0.29, 0.717) is 22.9 Å². The molecule has 0 radical (unpaired) electrons. The zero-order chi connectivity index (χ0) is 19.4. The highest BCUT2D eigenvalue weighted by Gasteiger charge is 2.25. The molecule has 1 aliphatic heterocycles. The number of hydrogen-bond acceptors (Lipinski definition) is 4. The Kier molecular flexibility index (Phi) is 7.66. The molecule has 1 fully saturated rings. The Morgan fingerprint density at radius 1 is 1.18 bits per heavy atom. The highest BCUT2D eigenvalue weighted by molar-refractivity contribution is 5.94. The van der Waals surface area contributed by atoms with Crippen LogP contribution in [0.5, 0.6) is 17.2 Å². The van der Waals surface area contributed by atoms with E-state index in [-0.39, 0.29) is 30.3 Å². The second-order valence-electron chi connectivity index (χ2n) is 6.96. The van der Waals surface area contributed by atoms with E-state index in [9.17, 15) is 9.18 Å². The average Bonchev–Trinajstić information content (AvgIpc) is 2.65. The summed E-state index contributed by atoms with van der Waals surface area (Å²) in [5.41, 5.74) is 1.35. The van der Waals surface area contributed by atoms with Gasteiger partial charge in [0.05, 0.1) is 12.8 Å². The minimum Gasteiger partial charge on any atom is -0.493 e. The van der Waals surface area contributed by atoms with Crippen molar-refractivity contribution < 1.29 is 18.7 Å². The van der Waals surface area contributed by atoms with E-state index in [4.69, 9.17) is 9.47 Å². The van der Waals surface area contributed by atoms with Gasteiger partial charge in [0.25, 0.3) is 0 Å². The molecule has 0 saturated carbocycles. The molecule has 2 aromatic rings. The predicted octanol–water partition coefficient (Wildman–Crippen LogP) is 4.68. The zero-order valence-corrected chi connectivity index (χ0v) is 17.1. The van der Waals surface area contributed by atoms with E-state index in [0.717, 1.165) is 24.9 Å². The van der Waals surface area contributed by atoms with Gasteiger partial charge in [-0.15, -0.1) is 12.4 Å². The number of piperidine rings is 1. The molecule has 0 aromatic heterocycles. The topological polar surface area (TPSA) is 59.6 Å². The van der Waals surface area contributed by atoms with Crippen LogP contribution >= 0.6 is 12.4 Å². The molecular weight excluding hydrogens is 383 g/mol. The number of anilines is 1. The first kappa shape index (κ1) is 22.0. The minimum absolute atomic E-state index is 0. The molecular formula is C21H26ClFN2O3. The van der Waals surface area contributed by atoms with Crippen LogP contribution in [0.25, 0.3) is 0 Å². The molecule has 7 heteroatoms. The Hall–Kier alpha value is -2.31. The molecule has 1 saturated heterocycles. The number of ether oxygens (including phenoxy) is 2. The molecule has 28 heavy (non-hydrogen) atoms. The fourth-order valence-electron chi connectivity index (χ4n) is 3.27. The van der Waals surface area contributed by atoms with Crippen molar-refractivity contribution >= 4 is 24.0 Å². The number of carbonyl (C=O) groups is 1. The number of halogens is 2. The smallest absolute Gasteiger partial charge is 0.227 e. The Morgan fingerprint density at radius 3 is 2.64 bits per heavy atom. The van der Waals surface area contributed by atoms with E-state index in [2.05, 4.69) is 17.6 Å². The van der Waals surface area contributed by atoms with Gasteiger partial charge in [-0.3, -0.25) is 4.79 Å². The molecule has 2 N–H and O–H groups in total. The summed E-state index contributed by atoms with van der Waals surface area (Å²) in [7, 11) is 1.56. The fourth-order valence-corrected chi connectivity index (χ4v) is 3.27. The van der Waals surface area contributed by atoms with Crippen LogP contribution in [0.2, 0.25) is 0 Å². The standard InChI is InChI=1S/C21H25FN2O3.ClH/c1-13-4-6-19(20(10-13)26-3)27-18-7-5-16(22)12-17(18)24-21(25)15-8-9-23-14(2)11-15;/h4-7,10,12,14-15,23H,8-9,11H2,1-3H3,(H,24,25);1H/t14-,15-;/m0./s1. The van der Waals surface area contributed by atoms with E-state index in [1.54, 1.807) is 13.2 Å². The van der Waals surface area contributed by atoms with Gasteiger partial charge in [-0.05, 0) is 63.1 Å². The van der Waals surface area contributed by atoms with Gasteiger partial charge in [0.15, 0.2) is 17.2 Å². The summed E-state index contributed by atoms with van der Waals surface area (Å²) in [6.45, 7) is 4.81. The quantitative estimate of drug-likeness (QED) is 0.753. The van der Waals surface area contributed by atoms with Crippen molar-refractivity contribution in [1.82, 2.24) is 5.32 Å². The number of aryl methyl sites for hydroxylation is 1. The molecule has 0 unspecified atom stereocenters. The third kappa shape index (κ3) is 5.36. The number of hydrogen-bond donors (Lipinski definition) is 2. The van der Waals surface area contributed by atoms with Gasteiger partial charge in [0, 0.05) is 18.0 Å². The Bertz CT molecular complexity index is 831. The van der Waals surface area contributed by atoms with Crippen LogP contribution in [0, 0.1) is 18.7 Å². The van der Waals surface area contributed by atoms with Crippen molar-refractivity contribution in [3.05, 3.63) is 47.8 Å². The summed E-state index contributed by atoms with van der Waals surface area (Å²) in [6.07, 6.45) is 1.51. The number of methoxy groups -OCH3 is 1.